The van der Waals surface area contributed by atoms with Gasteiger partial charge < -0.3 is 19.3 Å². The Morgan fingerprint density at radius 3 is 2.58 bits per heavy atom. The van der Waals surface area contributed by atoms with Crippen LogP contribution in [0.15, 0.2) is 46.7 Å². The maximum Gasteiger partial charge on any atom is 0.309 e. The average molecular weight is 531 g/mol. The Morgan fingerprint density at radius 2 is 1.89 bits per heavy atom. The fourth-order valence-corrected chi connectivity index (χ4v) is 4.81. The molecule has 0 aliphatic carbocycles. The molecule has 1 saturated heterocycles. The Balaban J connectivity index is 1.47. The van der Waals surface area contributed by atoms with Crippen LogP contribution in [-0.2, 0) is 16.0 Å². The van der Waals surface area contributed by atoms with Gasteiger partial charge >= 0.3 is 5.97 Å². The number of pyridine rings is 1. The van der Waals surface area contributed by atoms with Crippen molar-refractivity contribution in [3.05, 3.63) is 53.0 Å². The molecule has 190 valence electrons. The SMILES string of the molecule is CC(C)Oc1cc(C(=O)Nc2nc(CC(=O)O)cs2)cc(Oc2ccc(SN3CCOCC3)cc2)n1. The summed E-state index contributed by atoms with van der Waals surface area (Å²) < 4.78 is 19.3. The van der Waals surface area contributed by atoms with Gasteiger partial charge in [-0.05, 0) is 50.1 Å². The lowest BCUT2D eigenvalue weighted by Crippen LogP contribution is -2.30. The first-order chi connectivity index (χ1) is 17.3. The lowest BCUT2D eigenvalue weighted by molar-refractivity contribution is -0.136. The highest BCUT2D eigenvalue weighted by molar-refractivity contribution is 7.97. The molecule has 2 N–H and O–H groups in total. The smallest absolute Gasteiger partial charge is 0.309 e. The van der Waals surface area contributed by atoms with Gasteiger partial charge in [0, 0.05) is 35.5 Å². The van der Waals surface area contributed by atoms with E-state index in [4.69, 9.17) is 19.3 Å². The number of amides is 1. The maximum atomic E-state index is 12.9. The number of carboxylic acids is 1. The second-order valence-electron chi connectivity index (χ2n) is 8.07. The molecule has 0 radical (unpaired) electrons. The lowest BCUT2D eigenvalue weighted by atomic mass is 10.2. The van der Waals surface area contributed by atoms with E-state index in [1.807, 2.05) is 38.1 Å². The summed E-state index contributed by atoms with van der Waals surface area (Å²) in [4.78, 5) is 33.4. The third kappa shape index (κ3) is 7.65. The van der Waals surface area contributed by atoms with E-state index in [0.717, 1.165) is 42.5 Å². The molecule has 3 heterocycles. The third-order valence-electron chi connectivity index (χ3n) is 4.75. The van der Waals surface area contributed by atoms with Crippen LogP contribution in [0.25, 0.3) is 0 Å². The third-order valence-corrected chi connectivity index (χ3v) is 6.67. The number of benzene rings is 1. The van der Waals surface area contributed by atoms with E-state index in [1.54, 1.807) is 17.3 Å². The van der Waals surface area contributed by atoms with Crippen molar-refractivity contribution in [1.29, 1.82) is 0 Å². The summed E-state index contributed by atoms with van der Waals surface area (Å²) in [6, 6.07) is 10.7. The summed E-state index contributed by atoms with van der Waals surface area (Å²) in [7, 11) is 0. The van der Waals surface area contributed by atoms with E-state index in [0.29, 0.717) is 16.6 Å². The van der Waals surface area contributed by atoms with Crippen LogP contribution in [0.1, 0.15) is 29.9 Å². The number of morpholine rings is 1. The van der Waals surface area contributed by atoms with Crippen LogP contribution < -0.4 is 14.8 Å². The first-order valence-corrected chi connectivity index (χ1v) is 12.9. The van der Waals surface area contributed by atoms with Crippen LogP contribution in [0, 0.1) is 0 Å². The molecule has 2 aromatic heterocycles. The summed E-state index contributed by atoms with van der Waals surface area (Å²) in [5.74, 6) is -0.405. The van der Waals surface area contributed by atoms with Gasteiger partial charge in [0.2, 0.25) is 11.8 Å². The summed E-state index contributed by atoms with van der Waals surface area (Å²) in [6.07, 6.45) is -0.367. The minimum absolute atomic E-state index is 0.155. The van der Waals surface area contributed by atoms with Crippen LogP contribution in [0.4, 0.5) is 5.13 Å². The predicted molar refractivity (Wildman–Crippen MR) is 136 cm³/mol. The zero-order valence-corrected chi connectivity index (χ0v) is 21.4. The van der Waals surface area contributed by atoms with Crippen LogP contribution in [0.3, 0.4) is 0 Å². The molecule has 1 aliphatic heterocycles. The molecule has 0 atom stereocenters. The van der Waals surface area contributed by atoms with Crippen LogP contribution >= 0.6 is 23.3 Å². The van der Waals surface area contributed by atoms with Crippen molar-refractivity contribution in [2.24, 2.45) is 0 Å². The van der Waals surface area contributed by atoms with Gasteiger partial charge in [-0.3, -0.25) is 14.9 Å². The number of hydrogen-bond acceptors (Lipinski definition) is 10. The first kappa shape index (κ1) is 25.9. The molecular formula is C24H26N4O6S2. The number of carboxylic acid groups (broad SMARTS) is 1. The minimum Gasteiger partial charge on any atom is -0.481 e. The van der Waals surface area contributed by atoms with E-state index in [1.165, 1.54) is 12.1 Å². The highest BCUT2D eigenvalue weighted by Gasteiger charge is 2.16. The number of hydrogen-bond donors (Lipinski definition) is 2. The second-order valence-corrected chi connectivity index (χ2v) is 10.1. The summed E-state index contributed by atoms with van der Waals surface area (Å²) in [5.41, 5.74) is 0.644. The van der Waals surface area contributed by atoms with Gasteiger partial charge in [0.15, 0.2) is 5.13 Å². The van der Waals surface area contributed by atoms with Gasteiger partial charge in [-0.2, -0.15) is 4.98 Å². The quantitative estimate of drug-likeness (QED) is 0.366. The van der Waals surface area contributed by atoms with E-state index in [-0.39, 0.29) is 29.8 Å². The fraction of sp³-hybridized carbons (Fsp3) is 0.333. The average Bonchev–Trinajstić information content (AvgIpc) is 3.26. The highest BCUT2D eigenvalue weighted by atomic mass is 32.2. The number of ether oxygens (including phenoxy) is 3. The number of carbonyl (C=O) groups is 2. The number of anilines is 1. The molecule has 36 heavy (non-hydrogen) atoms. The normalized spacial score (nSPS) is 14.0. The summed E-state index contributed by atoms with van der Waals surface area (Å²) in [6.45, 7) is 6.94. The number of thiazole rings is 1. The van der Waals surface area contributed by atoms with Gasteiger partial charge in [-0.15, -0.1) is 11.3 Å². The van der Waals surface area contributed by atoms with Crippen molar-refractivity contribution in [3.8, 4) is 17.5 Å². The monoisotopic (exact) mass is 530 g/mol. The number of nitrogens with zero attached hydrogens (tertiary/aromatic N) is 3. The molecule has 0 spiro atoms. The van der Waals surface area contributed by atoms with Crippen molar-refractivity contribution >= 4 is 40.3 Å². The molecule has 0 bridgehead atoms. The standard InChI is InChI=1S/C24H26N4O6S2/c1-15(2)33-20-11-16(23(31)27-24-25-17(14-35-24)13-22(29)30)12-21(26-20)34-18-3-5-19(6-4-18)36-28-7-9-32-10-8-28/h3-6,11-12,14-15H,7-10,13H2,1-2H3,(H,29,30)(H,25,27,31). The van der Waals surface area contributed by atoms with Crippen LogP contribution in [0.5, 0.6) is 17.5 Å². The Bertz CT molecular complexity index is 1200. The molecule has 1 aliphatic rings. The van der Waals surface area contributed by atoms with Crippen molar-refractivity contribution in [1.82, 2.24) is 14.3 Å². The lowest BCUT2D eigenvalue weighted by Gasteiger charge is -2.25. The number of rotatable bonds is 10. The number of aliphatic carboxylic acids is 1. The predicted octanol–water partition coefficient (Wildman–Crippen LogP) is 4.34. The number of nitrogens with one attached hydrogen (secondary N) is 1. The van der Waals surface area contributed by atoms with Crippen LogP contribution in [0.2, 0.25) is 0 Å². The molecular weight excluding hydrogens is 504 g/mol. The molecule has 1 fully saturated rings. The van der Waals surface area contributed by atoms with E-state index >= 15 is 0 Å². The van der Waals surface area contributed by atoms with Crippen molar-refractivity contribution in [3.63, 3.8) is 0 Å². The minimum atomic E-state index is -0.989. The van der Waals surface area contributed by atoms with Crippen LogP contribution in [-0.4, -0.2) is 63.7 Å². The summed E-state index contributed by atoms with van der Waals surface area (Å²) in [5, 5.41) is 13.5. The Kier molecular flexibility index (Phi) is 8.75. The van der Waals surface area contributed by atoms with Gasteiger partial charge in [-0.25, -0.2) is 9.29 Å². The molecule has 1 amide bonds. The molecule has 0 saturated carbocycles. The van der Waals surface area contributed by atoms with Crippen molar-refractivity contribution in [2.75, 3.05) is 31.6 Å². The zero-order chi connectivity index (χ0) is 25.5. The molecule has 1 aromatic carbocycles. The fourth-order valence-electron chi connectivity index (χ4n) is 3.21. The first-order valence-electron chi connectivity index (χ1n) is 11.3. The molecule has 3 aromatic rings. The summed E-state index contributed by atoms with van der Waals surface area (Å²) >= 11 is 2.83. The van der Waals surface area contributed by atoms with Gasteiger partial charge in [-0.1, -0.05) is 0 Å². The Labute approximate surface area is 216 Å². The molecule has 10 nitrogen and oxygen atoms in total. The van der Waals surface area contributed by atoms with Crippen molar-refractivity contribution in [2.45, 2.75) is 31.3 Å². The van der Waals surface area contributed by atoms with Gasteiger partial charge in [0.05, 0.1) is 37.0 Å². The largest absolute Gasteiger partial charge is 0.481 e. The van der Waals surface area contributed by atoms with E-state index in [2.05, 4.69) is 19.6 Å². The van der Waals surface area contributed by atoms with E-state index in [9.17, 15) is 9.59 Å². The second kappa shape index (κ2) is 12.2. The maximum absolute atomic E-state index is 12.9. The van der Waals surface area contributed by atoms with Gasteiger partial charge in [0.25, 0.3) is 5.91 Å². The molecule has 0 unspecified atom stereocenters. The zero-order valence-electron chi connectivity index (χ0n) is 19.8. The highest BCUT2D eigenvalue weighted by Crippen LogP contribution is 2.29. The van der Waals surface area contributed by atoms with Gasteiger partial charge in [0.1, 0.15) is 5.75 Å². The topological polar surface area (TPSA) is 123 Å². The Morgan fingerprint density at radius 1 is 1.17 bits per heavy atom. The van der Waals surface area contributed by atoms with E-state index < -0.39 is 11.9 Å². The molecule has 4 rings (SSSR count). The van der Waals surface area contributed by atoms with Crippen molar-refractivity contribution < 1.29 is 28.9 Å². The number of aromatic nitrogens is 2. The molecule has 12 heteroatoms. The number of carbonyl (C=O) groups excluding carboxylic acids is 1. The Hall–Kier alpha value is -3.19.